The fourth-order valence-corrected chi connectivity index (χ4v) is 4.85. The predicted octanol–water partition coefficient (Wildman–Crippen LogP) is 6.23. The zero-order valence-electron chi connectivity index (χ0n) is 20.5. The van der Waals surface area contributed by atoms with Crippen molar-refractivity contribution in [3.8, 4) is 0 Å². The average Bonchev–Trinajstić information content (AvgIpc) is 3.33. The molecule has 0 unspecified atom stereocenters. The minimum absolute atomic E-state index is 0.201. The summed E-state index contributed by atoms with van der Waals surface area (Å²) in [6.45, 7) is 7.99. The number of aromatic nitrogens is 1. The number of Topliss-reactive ketones (excluding diaryl/α,β-unsaturated/α-hetero) is 2. The highest BCUT2D eigenvalue weighted by molar-refractivity contribution is 6.41. The lowest BCUT2D eigenvalue weighted by molar-refractivity contribution is 0.0988. The molecule has 35 heavy (non-hydrogen) atoms. The van der Waals surface area contributed by atoms with Gasteiger partial charge in [-0.3, -0.25) is 9.59 Å². The number of fused-ring (bicyclic) bond motifs is 2. The molecule has 5 rings (SSSR count). The van der Waals surface area contributed by atoms with Crippen LogP contribution in [-0.4, -0.2) is 29.2 Å². The molecule has 5 nitrogen and oxygen atoms in total. The van der Waals surface area contributed by atoms with Gasteiger partial charge in [-0.15, -0.1) is 0 Å². The number of hydrogen-bond donors (Lipinski definition) is 0. The van der Waals surface area contributed by atoms with Gasteiger partial charge in [0.2, 0.25) is 0 Å². The Morgan fingerprint density at radius 1 is 0.886 bits per heavy atom. The normalized spacial score (nSPS) is 15.5. The van der Waals surface area contributed by atoms with Crippen LogP contribution in [0.25, 0.3) is 16.8 Å². The second kappa shape index (κ2) is 8.91. The fraction of sp³-hybridized carbons (Fsp3) is 0.200. The SMILES string of the molecule is CCN(CC)c1ccc(C=CC2=CC(=C3C(=O)c4cc5ccccc5cc4C3=O)C=C(C)O2)n1C. The van der Waals surface area contributed by atoms with Crippen LogP contribution in [0.3, 0.4) is 0 Å². The number of carbonyl (C=O) groups excluding carboxylic acids is 2. The molecule has 176 valence electrons. The summed E-state index contributed by atoms with van der Waals surface area (Å²) in [5.74, 6) is 1.90. The summed E-state index contributed by atoms with van der Waals surface area (Å²) in [4.78, 5) is 28.9. The van der Waals surface area contributed by atoms with Crippen molar-refractivity contribution in [2.24, 2.45) is 7.05 Å². The molecule has 1 aliphatic carbocycles. The molecule has 1 aliphatic heterocycles. The zero-order valence-corrected chi connectivity index (χ0v) is 20.5. The van der Waals surface area contributed by atoms with Gasteiger partial charge < -0.3 is 14.2 Å². The molecule has 0 spiro atoms. The first kappa shape index (κ1) is 22.7. The molecule has 0 amide bonds. The Morgan fingerprint density at radius 3 is 2.11 bits per heavy atom. The first-order chi connectivity index (χ1) is 16.9. The molecule has 2 aromatic carbocycles. The Morgan fingerprint density at radius 2 is 1.51 bits per heavy atom. The molecule has 3 aromatic rings. The van der Waals surface area contributed by atoms with E-state index in [0.717, 1.165) is 35.4 Å². The lowest BCUT2D eigenvalue weighted by atomic mass is 10.0. The quantitative estimate of drug-likeness (QED) is 0.332. The van der Waals surface area contributed by atoms with Gasteiger partial charge in [0.05, 0.1) is 5.57 Å². The lowest BCUT2D eigenvalue weighted by Crippen LogP contribution is -2.24. The standard InChI is InChI=1S/C30H28N2O3/c1-5-32(6-2)27-14-12-23(31(27)4)11-13-24-16-22(15-19(3)35-24)28-29(33)25-17-20-9-7-8-10-21(20)18-26(25)30(28)34/h7-18H,5-6H2,1-4H3. The van der Waals surface area contributed by atoms with Gasteiger partial charge in [0.15, 0.2) is 11.6 Å². The number of ether oxygens (including phenoxy) is 1. The number of rotatable bonds is 5. The molecule has 1 aromatic heterocycles. The first-order valence-electron chi connectivity index (χ1n) is 11.9. The largest absolute Gasteiger partial charge is 0.462 e. The number of anilines is 1. The van der Waals surface area contributed by atoms with Crippen LogP contribution in [0.15, 0.2) is 89.4 Å². The number of ketones is 2. The summed E-state index contributed by atoms with van der Waals surface area (Å²) >= 11 is 0. The highest BCUT2D eigenvalue weighted by Crippen LogP contribution is 2.34. The minimum atomic E-state index is -0.234. The van der Waals surface area contributed by atoms with Crippen LogP contribution in [0.2, 0.25) is 0 Å². The van der Waals surface area contributed by atoms with E-state index in [1.54, 1.807) is 12.2 Å². The van der Waals surface area contributed by atoms with Crippen LogP contribution in [0.5, 0.6) is 0 Å². The molecule has 2 aliphatic rings. The van der Waals surface area contributed by atoms with Gasteiger partial charge in [-0.25, -0.2) is 0 Å². The number of benzene rings is 2. The van der Waals surface area contributed by atoms with E-state index in [9.17, 15) is 9.59 Å². The molecule has 0 saturated carbocycles. The van der Waals surface area contributed by atoms with Crippen LogP contribution in [-0.2, 0) is 11.8 Å². The predicted molar refractivity (Wildman–Crippen MR) is 141 cm³/mol. The third-order valence-corrected chi connectivity index (χ3v) is 6.69. The maximum Gasteiger partial charge on any atom is 0.198 e. The van der Waals surface area contributed by atoms with E-state index in [2.05, 4.69) is 35.4 Å². The molecule has 0 N–H and O–H groups in total. The van der Waals surface area contributed by atoms with Gasteiger partial charge in [0.1, 0.15) is 17.3 Å². The molecule has 2 heterocycles. The van der Waals surface area contributed by atoms with Crippen LogP contribution in [0, 0.1) is 0 Å². The van der Waals surface area contributed by atoms with Crippen molar-refractivity contribution >= 4 is 34.2 Å². The summed E-state index contributed by atoms with van der Waals surface area (Å²) in [6, 6.07) is 15.6. The van der Waals surface area contributed by atoms with Gasteiger partial charge in [0.25, 0.3) is 0 Å². The Hall–Kier alpha value is -4.12. The van der Waals surface area contributed by atoms with Crippen LogP contribution < -0.4 is 4.90 Å². The van der Waals surface area contributed by atoms with E-state index < -0.39 is 0 Å². The van der Waals surface area contributed by atoms with Crippen molar-refractivity contribution in [1.29, 1.82) is 0 Å². The Kier molecular flexibility index (Phi) is 5.77. The number of hydrogen-bond acceptors (Lipinski definition) is 4. The molecule has 0 fully saturated rings. The van der Waals surface area contributed by atoms with E-state index in [-0.39, 0.29) is 17.1 Å². The number of carbonyl (C=O) groups is 2. The Labute approximate surface area is 205 Å². The molecular weight excluding hydrogens is 436 g/mol. The van der Waals surface area contributed by atoms with E-state index in [4.69, 9.17) is 4.74 Å². The van der Waals surface area contributed by atoms with Crippen molar-refractivity contribution in [3.63, 3.8) is 0 Å². The van der Waals surface area contributed by atoms with Gasteiger partial charge in [0, 0.05) is 37.0 Å². The highest BCUT2D eigenvalue weighted by Gasteiger charge is 2.35. The number of nitrogens with zero attached hydrogens (tertiary/aromatic N) is 2. The van der Waals surface area contributed by atoms with Crippen molar-refractivity contribution < 1.29 is 14.3 Å². The van der Waals surface area contributed by atoms with E-state index in [0.29, 0.717) is 28.2 Å². The molecule has 0 atom stereocenters. The van der Waals surface area contributed by atoms with Gasteiger partial charge >= 0.3 is 0 Å². The van der Waals surface area contributed by atoms with Crippen LogP contribution in [0.4, 0.5) is 5.82 Å². The van der Waals surface area contributed by atoms with Crippen molar-refractivity contribution in [2.45, 2.75) is 20.8 Å². The number of allylic oxidation sites excluding steroid dienone is 6. The Bertz CT molecular complexity index is 1440. The van der Waals surface area contributed by atoms with E-state index in [1.807, 2.05) is 62.5 Å². The first-order valence-corrected chi connectivity index (χ1v) is 11.9. The highest BCUT2D eigenvalue weighted by atomic mass is 16.5. The second-order valence-corrected chi connectivity index (χ2v) is 8.82. The van der Waals surface area contributed by atoms with Gasteiger partial charge in [-0.2, -0.15) is 0 Å². The van der Waals surface area contributed by atoms with Gasteiger partial charge in [-0.05, 0) is 85.7 Å². The van der Waals surface area contributed by atoms with Gasteiger partial charge in [-0.1, -0.05) is 24.3 Å². The monoisotopic (exact) mass is 464 g/mol. The topological polar surface area (TPSA) is 51.5 Å². The van der Waals surface area contributed by atoms with E-state index >= 15 is 0 Å². The lowest BCUT2D eigenvalue weighted by Gasteiger charge is -2.21. The molecule has 5 heteroatoms. The molecule has 0 radical (unpaired) electrons. The van der Waals surface area contributed by atoms with Crippen molar-refractivity contribution in [2.75, 3.05) is 18.0 Å². The molecule has 0 saturated heterocycles. The van der Waals surface area contributed by atoms with Crippen molar-refractivity contribution in [3.05, 3.63) is 106 Å². The van der Waals surface area contributed by atoms with Crippen molar-refractivity contribution in [1.82, 2.24) is 4.57 Å². The molecular formula is C30H28N2O3. The summed E-state index contributed by atoms with van der Waals surface area (Å²) in [6.07, 6.45) is 7.40. The third-order valence-electron chi connectivity index (χ3n) is 6.69. The summed E-state index contributed by atoms with van der Waals surface area (Å²) in [7, 11) is 2.04. The zero-order chi connectivity index (χ0) is 24.7. The Balaban J connectivity index is 1.51. The third kappa shape index (κ3) is 3.93. The minimum Gasteiger partial charge on any atom is -0.462 e. The van der Waals surface area contributed by atoms with Crippen LogP contribution in [0.1, 0.15) is 47.2 Å². The average molecular weight is 465 g/mol. The fourth-order valence-electron chi connectivity index (χ4n) is 4.85. The smallest absolute Gasteiger partial charge is 0.198 e. The maximum absolute atomic E-state index is 13.3. The van der Waals surface area contributed by atoms with E-state index in [1.165, 1.54) is 0 Å². The van der Waals surface area contributed by atoms with Crippen LogP contribution >= 0.6 is 0 Å². The summed E-state index contributed by atoms with van der Waals surface area (Å²) in [5, 5.41) is 1.89. The maximum atomic E-state index is 13.3. The summed E-state index contributed by atoms with van der Waals surface area (Å²) < 4.78 is 8.04. The second-order valence-electron chi connectivity index (χ2n) is 8.82. The summed E-state index contributed by atoms with van der Waals surface area (Å²) in [5.41, 5.74) is 2.75. The molecule has 0 bridgehead atoms.